The first-order valence-corrected chi connectivity index (χ1v) is 5.82. The maximum absolute atomic E-state index is 11.5. The molecule has 4 nitrogen and oxygen atoms in total. The summed E-state index contributed by atoms with van der Waals surface area (Å²) in [5, 5.41) is 15.2. The molecule has 4 heteroatoms. The molecule has 0 radical (unpaired) electrons. The van der Waals surface area contributed by atoms with E-state index in [0.29, 0.717) is 13.0 Å². The van der Waals surface area contributed by atoms with Gasteiger partial charge in [-0.3, -0.25) is 4.79 Å². The topological polar surface area (TPSA) is 61.4 Å². The molecule has 0 aliphatic heterocycles. The van der Waals surface area contributed by atoms with Gasteiger partial charge in [0.15, 0.2) is 0 Å². The number of carbonyl (C=O) groups excluding carboxylic acids is 1. The van der Waals surface area contributed by atoms with Gasteiger partial charge in [0.1, 0.15) is 0 Å². The first-order valence-electron chi connectivity index (χ1n) is 5.82. The normalized spacial score (nSPS) is 26.3. The summed E-state index contributed by atoms with van der Waals surface area (Å²) < 4.78 is 0. The Labute approximate surface area is 91.4 Å². The van der Waals surface area contributed by atoms with E-state index in [1.165, 1.54) is 6.42 Å². The van der Waals surface area contributed by atoms with Crippen LogP contribution in [0.2, 0.25) is 0 Å². The zero-order valence-corrected chi connectivity index (χ0v) is 9.46. The average molecular weight is 214 g/mol. The largest absolute Gasteiger partial charge is 0.396 e. The molecule has 0 aromatic carbocycles. The highest BCUT2D eigenvalue weighted by molar-refractivity contribution is 5.76. The Balaban J connectivity index is 2.30. The molecule has 15 heavy (non-hydrogen) atoms. The van der Waals surface area contributed by atoms with Crippen LogP contribution in [-0.2, 0) is 4.79 Å². The van der Waals surface area contributed by atoms with Crippen LogP contribution < -0.4 is 10.6 Å². The van der Waals surface area contributed by atoms with Crippen molar-refractivity contribution in [3.63, 3.8) is 0 Å². The molecule has 0 aromatic rings. The summed E-state index contributed by atoms with van der Waals surface area (Å²) in [4.78, 5) is 11.5. The molecular weight excluding hydrogens is 192 g/mol. The lowest BCUT2D eigenvalue weighted by Gasteiger charge is -2.30. The van der Waals surface area contributed by atoms with Crippen LogP contribution in [0.4, 0.5) is 0 Å². The lowest BCUT2D eigenvalue weighted by atomic mass is 9.85. The minimum absolute atomic E-state index is 0.0923. The summed E-state index contributed by atoms with van der Waals surface area (Å²) in [5.74, 6) is 0.354. The molecule has 0 spiro atoms. The van der Waals surface area contributed by atoms with Crippen LogP contribution >= 0.6 is 0 Å². The predicted molar refractivity (Wildman–Crippen MR) is 59.5 cm³/mol. The van der Waals surface area contributed by atoms with E-state index in [0.717, 1.165) is 19.3 Å². The number of hydrogen-bond acceptors (Lipinski definition) is 3. The average Bonchev–Trinajstić information content (AvgIpc) is 2.27. The van der Waals surface area contributed by atoms with Gasteiger partial charge in [0, 0.05) is 31.5 Å². The van der Waals surface area contributed by atoms with Gasteiger partial charge in [-0.25, -0.2) is 0 Å². The Kier molecular flexibility index (Phi) is 5.65. The van der Waals surface area contributed by atoms with Crippen molar-refractivity contribution in [3.05, 3.63) is 0 Å². The number of rotatable bonds is 5. The van der Waals surface area contributed by atoms with Crippen molar-refractivity contribution in [1.29, 1.82) is 0 Å². The van der Waals surface area contributed by atoms with Gasteiger partial charge in [0.25, 0.3) is 0 Å². The minimum Gasteiger partial charge on any atom is -0.396 e. The molecule has 0 aromatic heterocycles. The lowest BCUT2D eigenvalue weighted by molar-refractivity contribution is -0.122. The number of amides is 1. The quantitative estimate of drug-likeness (QED) is 0.615. The van der Waals surface area contributed by atoms with E-state index in [1.54, 1.807) is 0 Å². The smallest absolute Gasteiger partial charge is 0.221 e. The molecule has 88 valence electrons. The second-order valence-corrected chi connectivity index (χ2v) is 4.25. The van der Waals surface area contributed by atoms with Gasteiger partial charge in [-0.2, -0.15) is 0 Å². The summed E-state index contributed by atoms with van der Waals surface area (Å²) in [7, 11) is 1.84. The van der Waals surface area contributed by atoms with Gasteiger partial charge < -0.3 is 15.7 Å². The SMILES string of the molecule is CNCCC(=O)NC1CCCCC1CO. The summed E-state index contributed by atoms with van der Waals surface area (Å²) in [5.41, 5.74) is 0. The molecule has 1 amide bonds. The summed E-state index contributed by atoms with van der Waals surface area (Å²) in [6.45, 7) is 0.902. The maximum Gasteiger partial charge on any atom is 0.221 e. The van der Waals surface area contributed by atoms with E-state index >= 15 is 0 Å². The van der Waals surface area contributed by atoms with Crippen molar-refractivity contribution in [2.24, 2.45) is 5.92 Å². The third kappa shape index (κ3) is 4.18. The third-order valence-electron chi connectivity index (χ3n) is 3.09. The van der Waals surface area contributed by atoms with Crippen LogP contribution in [0.5, 0.6) is 0 Å². The van der Waals surface area contributed by atoms with E-state index in [9.17, 15) is 9.90 Å². The fourth-order valence-corrected chi connectivity index (χ4v) is 2.13. The first kappa shape index (κ1) is 12.5. The molecule has 1 fully saturated rings. The van der Waals surface area contributed by atoms with Crippen LogP contribution in [0.25, 0.3) is 0 Å². The number of aliphatic hydroxyl groups excluding tert-OH is 1. The highest BCUT2D eigenvalue weighted by Crippen LogP contribution is 2.23. The Morgan fingerprint density at radius 3 is 2.80 bits per heavy atom. The molecular formula is C11H22N2O2. The highest BCUT2D eigenvalue weighted by atomic mass is 16.3. The minimum atomic E-state index is 0.0923. The second-order valence-electron chi connectivity index (χ2n) is 4.25. The van der Waals surface area contributed by atoms with Gasteiger partial charge in [-0.05, 0) is 19.9 Å². The molecule has 1 aliphatic carbocycles. The van der Waals surface area contributed by atoms with Gasteiger partial charge in [0.2, 0.25) is 5.91 Å². The standard InChI is InChI=1S/C11H22N2O2/c1-12-7-6-11(15)13-10-5-3-2-4-9(10)8-14/h9-10,12,14H,2-8H2,1H3,(H,13,15). The molecule has 3 N–H and O–H groups in total. The van der Waals surface area contributed by atoms with E-state index in [2.05, 4.69) is 10.6 Å². The van der Waals surface area contributed by atoms with Crippen LogP contribution in [0, 0.1) is 5.92 Å². The Bertz CT molecular complexity index is 197. The first-order chi connectivity index (χ1) is 7.27. The predicted octanol–water partition coefficient (Wildman–Crippen LogP) is 0.263. The zero-order valence-electron chi connectivity index (χ0n) is 9.46. The van der Waals surface area contributed by atoms with Crippen LogP contribution in [0.3, 0.4) is 0 Å². The van der Waals surface area contributed by atoms with E-state index < -0.39 is 0 Å². The fourth-order valence-electron chi connectivity index (χ4n) is 2.13. The monoisotopic (exact) mass is 214 g/mol. The number of carbonyl (C=O) groups is 1. The Hall–Kier alpha value is -0.610. The molecule has 1 rings (SSSR count). The Morgan fingerprint density at radius 1 is 1.40 bits per heavy atom. The van der Waals surface area contributed by atoms with Crippen molar-refractivity contribution in [3.8, 4) is 0 Å². The zero-order chi connectivity index (χ0) is 11.1. The number of nitrogens with one attached hydrogen (secondary N) is 2. The molecule has 2 atom stereocenters. The Morgan fingerprint density at radius 2 is 2.13 bits per heavy atom. The van der Waals surface area contributed by atoms with Crippen molar-refractivity contribution in [2.45, 2.75) is 38.1 Å². The summed E-state index contributed by atoms with van der Waals surface area (Å²) in [6.07, 6.45) is 4.90. The van der Waals surface area contributed by atoms with Crippen molar-refractivity contribution < 1.29 is 9.90 Å². The summed E-state index contributed by atoms with van der Waals surface area (Å²) in [6, 6.07) is 0.188. The van der Waals surface area contributed by atoms with Gasteiger partial charge in [0.05, 0.1) is 0 Å². The lowest BCUT2D eigenvalue weighted by Crippen LogP contribution is -2.43. The molecule has 0 saturated heterocycles. The summed E-state index contributed by atoms with van der Waals surface area (Å²) >= 11 is 0. The van der Waals surface area contributed by atoms with Crippen molar-refractivity contribution >= 4 is 5.91 Å². The second kappa shape index (κ2) is 6.80. The molecule has 0 heterocycles. The fraction of sp³-hybridized carbons (Fsp3) is 0.909. The van der Waals surface area contributed by atoms with E-state index in [-0.39, 0.29) is 24.5 Å². The molecule has 0 bridgehead atoms. The van der Waals surface area contributed by atoms with Gasteiger partial charge in [-0.15, -0.1) is 0 Å². The van der Waals surface area contributed by atoms with Crippen molar-refractivity contribution in [1.82, 2.24) is 10.6 Å². The van der Waals surface area contributed by atoms with E-state index in [4.69, 9.17) is 0 Å². The van der Waals surface area contributed by atoms with Gasteiger partial charge >= 0.3 is 0 Å². The molecule has 2 unspecified atom stereocenters. The maximum atomic E-state index is 11.5. The van der Waals surface area contributed by atoms with Crippen LogP contribution in [0.15, 0.2) is 0 Å². The number of aliphatic hydroxyl groups is 1. The number of hydrogen-bond donors (Lipinski definition) is 3. The van der Waals surface area contributed by atoms with E-state index in [1.807, 2.05) is 7.05 Å². The van der Waals surface area contributed by atoms with Crippen LogP contribution in [0.1, 0.15) is 32.1 Å². The highest BCUT2D eigenvalue weighted by Gasteiger charge is 2.25. The molecule has 1 aliphatic rings. The van der Waals surface area contributed by atoms with Crippen LogP contribution in [-0.4, -0.2) is 37.3 Å². The third-order valence-corrected chi connectivity index (χ3v) is 3.09. The molecule has 1 saturated carbocycles. The van der Waals surface area contributed by atoms with Crippen molar-refractivity contribution in [2.75, 3.05) is 20.2 Å². The van der Waals surface area contributed by atoms with Gasteiger partial charge in [-0.1, -0.05) is 12.8 Å².